The molecule has 104 valence electrons. The van der Waals surface area contributed by atoms with E-state index in [1.807, 2.05) is 31.3 Å². The van der Waals surface area contributed by atoms with Gasteiger partial charge in [0.25, 0.3) is 5.91 Å². The number of nitrogens with zero attached hydrogens (tertiary/aromatic N) is 3. The molecule has 1 fully saturated rings. The van der Waals surface area contributed by atoms with Crippen molar-refractivity contribution in [1.82, 2.24) is 14.3 Å². The Balaban J connectivity index is 1.84. The van der Waals surface area contributed by atoms with Crippen LogP contribution in [0, 0.1) is 11.8 Å². The fourth-order valence-corrected chi connectivity index (χ4v) is 2.65. The third-order valence-corrected chi connectivity index (χ3v) is 3.80. The van der Waals surface area contributed by atoms with Crippen LogP contribution in [0.5, 0.6) is 0 Å². The zero-order valence-corrected chi connectivity index (χ0v) is 11.1. The second-order valence-electron chi connectivity index (χ2n) is 5.22. The van der Waals surface area contributed by atoms with Gasteiger partial charge in [0.15, 0.2) is 0 Å². The van der Waals surface area contributed by atoms with Crippen LogP contribution in [-0.4, -0.2) is 44.4 Å². The molecule has 0 saturated carbocycles. The molecule has 1 aliphatic rings. The van der Waals surface area contributed by atoms with Gasteiger partial charge in [0.05, 0.1) is 5.92 Å². The molecule has 2 aromatic rings. The van der Waals surface area contributed by atoms with E-state index in [0.717, 1.165) is 0 Å². The molecule has 1 aliphatic heterocycles. The topological polar surface area (TPSA) is 74.9 Å². The molecule has 6 heteroatoms. The molecule has 2 atom stereocenters. The SMILES string of the molecule is C[C@@H]1CN(C(=O)c2cn3ccccc3n2)C[C@H]1C(=O)O. The number of carbonyl (C=O) groups is 2. The number of imidazole rings is 1. The molecule has 0 unspecified atom stereocenters. The van der Waals surface area contributed by atoms with Crippen LogP contribution >= 0.6 is 0 Å². The van der Waals surface area contributed by atoms with Crippen molar-refractivity contribution >= 4 is 17.5 Å². The third kappa shape index (κ3) is 2.03. The Hall–Kier alpha value is -2.37. The van der Waals surface area contributed by atoms with Gasteiger partial charge in [-0.3, -0.25) is 9.59 Å². The van der Waals surface area contributed by atoms with Crippen molar-refractivity contribution in [2.45, 2.75) is 6.92 Å². The highest BCUT2D eigenvalue weighted by Crippen LogP contribution is 2.24. The molecular formula is C14H15N3O3. The summed E-state index contributed by atoms with van der Waals surface area (Å²) in [4.78, 5) is 29.3. The van der Waals surface area contributed by atoms with Crippen LogP contribution in [0.4, 0.5) is 0 Å². The minimum atomic E-state index is -0.845. The standard InChI is InChI=1S/C14H15N3O3/c1-9-6-17(7-10(9)14(19)20)13(18)11-8-16-5-3-2-4-12(16)15-11/h2-5,8-10H,6-7H2,1H3,(H,19,20)/t9-,10-/m1/s1. The fourth-order valence-electron chi connectivity index (χ4n) is 2.65. The van der Waals surface area contributed by atoms with E-state index >= 15 is 0 Å². The van der Waals surface area contributed by atoms with Crippen molar-refractivity contribution in [1.29, 1.82) is 0 Å². The first-order chi connectivity index (χ1) is 9.56. The summed E-state index contributed by atoms with van der Waals surface area (Å²) in [6.45, 7) is 2.57. The molecule has 0 bridgehead atoms. The van der Waals surface area contributed by atoms with Crippen molar-refractivity contribution in [3.8, 4) is 0 Å². The molecule has 3 heterocycles. The van der Waals surface area contributed by atoms with Crippen molar-refractivity contribution in [3.05, 3.63) is 36.3 Å². The molecule has 1 amide bonds. The quantitative estimate of drug-likeness (QED) is 0.890. The average Bonchev–Trinajstić information content (AvgIpc) is 3.01. The van der Waals surface area contributed by atoms with Gasteiger partial charge in [0.1, 0.15) is 11.3 Å². The number of pyridine rings is 1. The lowest BCUT2D eigenvalue weighted by atomic mass is 9.99. The highest BCUT2D eigenvalue weighted by molar-refractivity contribution is 5.93. The zero-order chi connectivity index (χ0) is 14.3. The monoisotopic (exact) mass is 273 g/mol. The van der Waals surface area contributed by atoms with Crippen LogP contribution in [0.15, 0.2) is 30.6 Å². The maximum atomic E-state index is 12.4. The smallest absolute Gasteiger partial charge is 0.308 e. The molecule has 2 aromatic heterocycles. The Bertz CT molecular complexity index is 646. The lowest BCUT2D eigenvalue weighted by Crippen LogP contribution is -2.30. The van der Waals surface area contributed by atoms with Gasteiger partial charge in [0, 0.05) is 25.5 Å². The second kappa shape index (κ2) is 4.63. The Morgan fingerprint density at radius 2 is 2.15 bits per heavy atom. The molecule has 6 nitrogen and oxygen atoms in total. The van der Waals surface area contributed by atoms with Crippen LogP contribution in [0.3, 0.4) is 0 Å². The summed E-state index contributed by atoms with van der Waals surface area (Å²) in [6.07, 6.45) is 3.50. The number of rotatable bonds is 2. The van der Waals surface area contributed by atoms with E-state index in [1.165, 1.54) is 0 Å². The third-order valence-electron chi connectivity index (χ3n) is 3.80. The number of carboxylic acids is 1. The Labute approximate surface area is 115 Å². The number of hydrogen-bond acceptors (Lipinski definition) is 3. The van der Waals surface area contributed by atoms with Gasteiger partial charge in [-0.15, -0.1) is 0 Å². The van der Waals surface area contributed by atoms with Crippen LogP contribution in [0.1, 0.15) is 17.4 Å². The average molecular weight is 273 g/mol. The molecule has 1 saturated heterocycles. The van der Waals surface area contributed by atoms with E-state index in [0.29, 0.717) is 17.9 Å². The van der Waals surface area contributed by atoms with Crippen LogP contribution < -0.4 is 0 Å². The van der Waals surface area contributed by atoms with Crippen LogP contribution in [0.2, 0.25) is 0 Å². The van der Waals surface area contributed by atoms with Crippen LogP contribution in [0.25, 0.3) is 5.65 Å². The van der Waals surface area contributed by atoms with Crippen molar-refractivity contribution in [2.75, 3.05) is 13.1 Å². The van der Waals surface area contributed by atoms with E-state index in [2.05, 4.69) is 4.98 Å². The Morgan fingerprint density at radius 1 is 1.35 bits per heavy atom. The first kappa shape index (κ1) is 12.7. The maximum absolute atomic E-state index is 12.4. The summed E-state index contributed by atoms with van der Waals surface area (Å²) in [5.41, 5.74) is 1.06. The number of hydrogen-bond donors (Lipinski definition) is 1. The normalized spacial score (nSPS) is 22.4. The van der Waals surface area contributed by atoms with E-state index in [1.54, 1.807) is 15.5 Å². The van der Waals surface area contributed by atoms with Gasteiger partial charge in [-0.05, 0) is 18.1 Å². The number of fused-ring (bicyclic) bond motifs is 1. The summed E-state index contributed by atoms with van der Waals surface area (Å²) in [7, 11) is 0. The summed E-state index contributed by atoms with van der Waals surface area (Å²) in [5, 5.41) is 9.11. The number of carbonyl (C=O) groups excluding carboxylic acids is 1. The van der Waals surface area contributed by atoms with Gasteiger partial charge in [-0.25, -0.2) is 4.98 Å². The van der Waals surface area contributed by atoms with Gasteiger partial charge in [-0.1, -0.05) is 13.0 Å². The van der Waals surface area contributed by atoms with Gasteiger partial charge in [0.2, 0.25) is 0 Å². The number of aromatic nitrogens is 2. The maximum Gasteiger partial charge on any atom is 0.308 e. The highest BCUT2D eigenvalue weighted by atomic mass is 16.4. The lowest BCUT2D eigenvalue weighted by molar-refractivity contribution is -0.142. The lowest BCUT2D eigenvalue weighted by Gasteiger charge is -2.13. The summed E-state index contributed by atoms with van der Waals surface area (Å²) >= 11 is 0. The molecule has 3 rings (SSSR count). The van der Waals surface area contributed by atoms with E-state index in [9.17, 15) is 9.59 Å². The van der Waals surface area contributed by atoms with E-state index in [4.69, 9.17) is 5.11 Å². The molecule has 20 heavy (non-hydrogen) atoms. The summed E-state index contributed by atoms with van der Waals surface area (Å²) < 4.78 is 1.78. The largest absolute Gasteiger partial charge is 0.481 e. The zero-order valence-electron chi connectivity index (χ0n) is 11.1. The summed E-state index contributed by atoms with van der Waals surface area (Å²) in [6, 6.07) is 5.54. The first-order valence-electron chi connectivity index (χ1n) is 6.52. The Morgan fingerprint density at radius 3 is 2.80 bits per heavy atom. The minimum Gasteiger partial charge on any atom is -0.481 e. The molecule has 0 spiro atoms. The molecule has 1 N–H and O–H groups in total. The van der Waals surface area contributed by atoms with E-state index in [-0.39, 0.29) is 18.4 Å². The number of amides is 1. The van der Waals surface area contributed by atoms with Gasteiger partial charge in [-0.2, -0.15) is 0 Å². The first-order valence-corrected chi connectivity index (χ1v) is 6.52. The van der Waals surface area contributed by atoms with Crippen molar-refractivity contribution < 1.29 is 14.7 Å². The van der Waals surface area contributed by atoms with Crippen molar-refractivity contribution in [2.24, 2.45) is 11.8 Å². The number of likely N-dealkylation sites (tertiary alicyclic amines) is 1. The minimum absolute atomic E-state index is 0.0338. The van der Waals surface area contributed by atoms with E-state index < -0.39 is 11.9 Å². The summed E-state index contributed by atoms with van der Waals surface area (Å²) in [5.74, 6) is -1.57. The predicted molar refractivity (Wildman–Crippen MR) is 71.4 cm³/mol. The molecule has 0 aromatic carbocycles. The number of aliphatic carboxylic acids is 1. The van der Waals surface area contributed by atoms with Crippen LogP contribution in [-0.2, 0) is 4.79 Å². The molecule has 0 aliphatic carbocycles. The Kier molecular flexibility index (Phi) is 2.93. The van der Waals surface area contributed by atoms with Crippen molar-refractivity contribution in [3.63, 3.8) is 0 Å². The van der Waals surface area contributed by atoms with Gasteiger partial charge < -0.3 is 14.4 Å². The predicted octanol–water partition coefficient (Wildman–Crippen LogP) is 1.13. The molecule has 0 radical (unpaired) electrons. The molecular weight excluding hydrogens is 258 g/mol. The highest BCUT2D eigenvalue weighted by Gasteiger charge is 2.37. The van der Waals surface area contributed by atoms with Gasteiger partial charge >= 0.3 is 5.97 Å². The fraction of sp³-hybridized carbons (Fsp3) is 0.357. The number of carboxylic acid groups (broad SMARTS) is 1. The second-order valence-corrected chi connectivity index (χ2v) is 5.22.